The van der Waals surface area contributed by atoms with Crippen LogP contribution in [0.2, 0.25) is 0 Å². The lowest BCUT2D eigenvalue weighted by Gasteiger charge is -2.27. The van der Waals surface area contributed by atoms with Gasteiger partial charge in [-0.1, -0.05) is 61.0 Å². The summed E-state index contributed by atoms with van der Waals surface area (Å²) in [5, 5.41) is 2.91. The van der Waals surface area contributed by atoms with E-state index >= 15 is 0 Å². The molecule has 4 rings (SSSR count). The molecule has 1 aliphatic rings. The maximum Gasteiger partial charge on any atom is 0.241 e. The molecule has 1 amide bonds. The van der Waals surface area contributed by atoms with Crippen LogP contribution in [-0.2, 0) is 27.9 Å². The molecule has 0 atom stereocenters. The van der Waals surface area contributed by atoms with Crippen LogP contribution in [0.5, 0.6) is 11.5 Å². The minimum atomic E-state index is -3.75. The average Bonchev–Trinajstić information content (AvgIpc) is 2.88. The monoisotopic (exact) mass is 507 g/mol. The number of rotatable bonds is 10. The van der Waals surface area contributed by atoms with Crippen molar-refractivity contribution in [3.63, 3.8) is 0 Å². The first-order valence-corrected chi connectivity index (χ1v) is 14.1. The summed E-state index contributed by atoms with van der Waals surface area (Å²) in [6.45, 7) is 3.03. The second kappa shape index (κ2) is 12.1. The van der Waals surface area contributed by atoms with Gasteiger partial charge < -0.3 is 10.1 Å². The van der Waals surface area contributed by atoms with Crippen LogP contribution >= 0.6 is 0 Å². The van der Waals surface area contributed by atoms with Crippen molar-refractivity contribution in [2.24, 2.45) is 0 Å². The van der Waals surface area contributed by atoms with Crippen molar-refractivity contribution >= 4 is 21.6 Å². The number of carbonyl (C=O) groups is 1. The fourth-order valence-electron chi connectivity index (χ4n) is 4.37. The molecule has 1 saturated heterocycles. The van der Waals surface area contributed by atoms with Gasteiger partial charge in [0, 0.05) is 13.1 Å². The zero-order valence-corrected chi connectivity index (χ0v) is 21.4. The topological polar surface area (TPSA) is 79.0 Å². The standard InChI is InChI=1S/C28H33N3O4S/c1-36(33,34)31(26-16-8-9-17-27(26)35-25-14-4-2-5-15-25)22-28(32)29-20-23-12-6-7-13-24(23)21-30-18-10-3-11-19-30/h2,4-9,12-17H,3,10-11,18-22H2,1H3,(H,29,32). The van der Waals surface area contributed by atoms with E-state index in [0.29, 0.717) is 23.7 Å². The number of amides is 1. The van der Waals surface area contributed by atoms with Crippen LogP contribution in [0.1, 0.15) is 30.4 Å². The van der Waals surface area contributed by atoms with Gasteiger partial charge in [-0.15, -0.1) is 0 Å². The average molecular weight is 508 g/mol. The minimum Gasteiger partial charge on any atom is -0.455 e. The normalized spacial score (nSPS) is 14.2. The van der Waals surface area contributed by atoms with Crippen LogP contribution in [-0.4, -0.2) is 45.1 Å². The molecule has 0 aromatic heterocycles. The minimum absolute atomic E-state index is 0.310. The van der Waals surface area contributed by atoms with Gasteiger partial charge in [-0.2, -0.15) is 0 Å². The number of ether oxygens (including phenoxy) is 1. The third-order valence-corrected chi connectivity index (χ3v) is 7.36. The molecular weight excluding hydrogens is 474 g/mol. The number of sulfonamides is 1. The Bertz CT molecular complexity index is 1260. The van der Waals surface area contributed by atoms with Crippen molar-refractivity contribution in [2.75, 3.05) is 30.2 Å². The largest absolute Gasteiger partial charge is 0.455 e. The van der Waals surface area contributed by atoms with Crippen LogP contribution in [0.3, 0.4) is 0 Å². The molecule has 0 bridgehead atoms. The lowest BCUT2D eigenvalue weighted by molar-refractivity contribution is -0.119. The van der Waals surface area contributed by atoms with Gasteiger partial charge in [0.25, 0.3) is 0 Å². The van der Waals surface area contributed by atoms with Crippen molar-refractivity contribution in [2.45, 2.75) is 32.4 Å². The SMILES string of the molecule is CS(=O)(=O)N(CC(=O)NCc1ccccc1CN1CCCCC1)c1ccccc1Oc1ccccc1. The fraction of sp³-hybridized carbons (Fsp3) is 0.321. The molecule has 1 N–H and O–H groups in total. The molecule has 8 heteroatoms. The van der Waals surface area contributed by atoms with Crippen LogP contribution < -0.4 is 14.4 Å². The number of benzene rings is 3. The number of hydrogen-bond acceptors (Lipinski definition) is 5. The fourth-order valence-corrected chi connectivity index (χ4v) is 5.23. The van der Waals surface area contributed by atoms with Crippen molar-refractivity contribution < 1.29 is 17.9 Å². The van der Waals surface area contributed by atoms with Crippen molar-refractivity contribution in [3.8, 4) is 11.5 Å². The molecule has 0 radical (unpaired) electrons. The quantitative estimate of drug-likeness (QED) is 0.436. The molecule has 1 aliphatic heterocycles. The predicted octanol–water partition coefficient (Wildman–Crippen LogP) is 4.55. The molecule has 7 nitrogen and oxygen atoms in total. The van der Waals surface area contributed by atoms with Gasteiger partial charge in [0.2, 0.25) is 15.9 Å². The molecule has 190 valence electrons. The highest BCUT2D eigenvalue weighted by Crippen LogP contribution is 2.33. The van der Waals surface area contributed by atoms with Crippen LogP contribution in [0.25, 0.3) is 0 Å². The predicted molar refractivity (Wildman–Crippen MR) is 143 cm³/mol. The number of piperidine rings is 1. The first-order chi connectivity index (χ1) is 17.4. The van der Waals surface area contributed by atoms with E-state index in [-0.39, 0.29) is 12.5 Å². The van der Waals surface area contributed by atoms with Crippen molar-refractivity contribution in [3.05, 3.63) is 90.0 Å². The molecule has 0 aliphatic carbocycles. The lowest BCUT2D eigenvalue weighted by Crippen LogP contribution is -2.40. The Morgan fingerprint density at radius 3 is 2.25 bits per heavy atom. The van der Waals surface area contributed by atoms with Crippen LogP contribution in [0, 0.1) is 0 Å². The van der Waals surface area contributed by atoms with E-state index in [9.17, 15) is 13.2 Å². The molecule has 0 spiro atoms. The Hall–Kier alpha value is -3.36. The zero-order valence-electron chi connectivity index (χ0n) is 20.6. The first kappa shape index (κ1) is 25.7. The van der Waals surface area contributed by atoms with E-state index in [1.54, 1.807) is 36.4 Å². The van der Waals surface area contributed by atoms with Gasteiger partial charge in [-0.3, -0.25) is 14.0 Å². The highest BCUT2D eigenvalue weighted by atomic mass is 32.2. The van der Waals surface area contributed by atoms with Crippen molar-refractivity contribution in [1.82, 2.24) is 10.2 Å². The second-order valence-corrected chi connectivity index (χ2v) is 10.9. The summed E-state index contributed by atoms with van der Waals surface area (Å²) in [6.07, 6.45) is 4.81. The molecule has 0 saturated carbocycles. The maximum atomic E-state index is 12.9. The smallest absolute Gasteiger partial charge is 0.241 e. The van der Waals surface area contributed by atoms with E-state index in [1.807, 2.05) is 36.4 Å². The Morgan fingerprint density at radius 2 is 1.53 bits per heavy atom. The summed E-state index contributed by atoms with van der Waals surface area (Å²) >= 11 is 0. The van der Waals surface area contributed by atoms with Gasteiger partial charge in [-0.05, 0) is 61.3 Å². The second-order valence-electron chi connectivity index (χ2n) is 9.03. The summed E-state index contributed by atoms with van der Waals surface area (Å²) in [7, 11) is -3.75. The number of nitrogens with one attached hydrogen (secondary N) is 1. The molecule has 0 unspecified atom stereocenters. The number of para-hydroxylation sites is 3. The highest BCUT2D eigenvalue weighted by molar-refractivity contribution is 7.92. The summed E-state index contributed by atoms with van der Waals surface area (Å²) in [5.41, 5.74) is 2.53. The van der Waals surface area contributed by atoms with E-state index in [2.05, 4.69) is 16.3 Å². The number of nitrogens with zero attached hydrogens (tertiary/aromatic N) is 2. The summed E-state index contributed by atoms with van der Waals surface area (Å²) in [5.74, 6) is 0.546. The number of likely N-dealkylation sites (tertiary alicyclic amines) is 1. The van der Waals surface area contributed by atoms with E-state index in [4.69, 9.17) is 4.74 Å². The van der Waals surface area contributed by atoms with Gasteiger partial charge >= 0.3 is 0 Å². The van der Waals surface area contributed by atoms with E-state index in [1.165, 1.54) is 24.8 Å². The summed E-state index contributed by atoms with van der Waals surface area (Å²) < 4.78 is 32.4. The third-order valence-electron chi connectivity index (χ3n) is 6.23. The van der Waals surface area contributed by atoms with Crippen LogP contribution in [0.4, 0.5) is 5.69 Å². The van der Waals surface area contributed by atoms with Crippen molar-refractivity contribution in [1.29, 1.82) is 0 Å². The van der Waals surface area contributed by atoms with Gasteiger partial charge in [0.05, 0.1) is 11.9 Å². The van der Waals surface area contributed by atoms with Gasteiger partial charge in [0.15, 0.2) is 5.75 Å². The molecule has 36 heavy (non-hydrogen) atoms. The Morgan fingerprint density at radius 1 is 0.889 bits per heavy atom. The first-order valence-electron chi connectivity index (χ1n) is 12.3. The highest BCUT2D eigenvalue weighted by Gasteiger charge is 2.24. The number of carbonyl (C=O) groups excluding carboxylic acids is 1. The molecule has 3 aromatic rings. The summed E-state index contributed by atoms with van der Waals surface area (Å²) in [4.78, 5) is 15.4. The molecule has 1 fully saturated rings. The molecule has 1 heterocycles. The Balaban J connectivity index is 1.46. The van der Waals surface area contributed by atoms with Gasteiger partial charge in [-0.25, -0.2) is 8.42 Å². The maximum absolute atomic E-state index is 12.9. The lowest BCUT2D eigenvalue weighted by atomic mass is 10.0. The molecular formula is C28H33N3O4S. The van der Waals surface area contributed by atoms with E-state index < -0.39 is 10.0 Å². The number of hydrogen-bond donors (Lipinski definition) is 1. The summed E-state index contributed by atoms with van der Waals surface area (Å²) in [6, 6.07) is 24.0. The Labute approximate surface area is 213 Å². The van der Waals surface area contributed by atoms with Crippen LogP contribution in [0.15, 0.2) is 78.9 Å². The third kappa shape index (κ3) is 7.08. The number of anilines is 1. The van der Waals surface area contributed by atoms with Gasteiger partial charge in [0.1, 0.15) is 12.3 Å². The Kier molecular flexibility index (Phi) is 8.61. The molecule has 3 aromatic carbocycles. The zero-order chi connectivity index (χ0) is 25.4. The van der Waals surface area contributed by atoms with E-state index in [0.717, 1.165) is 35.8 Å².